The number of sulfonamides is 1. The van der Waals surface area contributed by atoms with E-state index in [-0.39, 0.29) is 10.8 Å². The molecule has 8 heteroatoms. The maximum absolute atomic E-state index is 12.6. The third-order valence-corrected chi connectivity index (χ3v) is 8.68. The average molecular weight is 449 g/mol. The van der Waals surface area contributed by atoms with Gasteiger partial charge >= 0.3 is 0 Å². The predicted molar refractivity (Wildman–Crippen MR) is 119 cm³/mol. The van der Waals surface area contributed by atoms with Crippen molar-refractivity contribution in [3.63, 3.8) is 0 Å². The van der Waals surface area contributed by atoms with Crippen LogP contribution < -0.4 is 10.5 Å². The molecule has 154 valence electrons. The molecule has 2 aliphatic rings. The summed E-state index contributed by atoms with van der Waals surface area (Å²) < 4.78 is 22.6. The topological polar surface area (TPSA) is 89.3 Å². The van der Waals surface area contributed by atoms with Crippen LogP contribution in [-0.2, 0) is 39.8 Å². The summed E-state index contributed by atoms with van der Waals surface area (Å²) in [5.41, 5.74) is 3.92. The number of thioether (sulfide) groups is 1. The Morgan fingerprint density at radius 3 is 2.72 bits per heavy atom. The lowest BCUT2D eigenvalue weighted by atomic mass is 9.88. The van der Waals surface area contributed by atoms with E-state index < -0.39 is 10.0 Å². The van der Waals surface area contributed by atoms with E-state index in [9.17, 15) is 13.2 Å². The van der Waals surface area contributed by atoms with Gasteiger partial charge in [0.1, 0.15) is 0 Å². The molecule has 0 radical (unpaired) electrons. The molecular weight excluding hydrogens is 424 g/mol. The monoisotopic (exact) mass is 448 g/mol. The number of nitrogens with two attached hydrogens (primary N) is 1. The van der Waals surface area contributed by atoms with E-state index in [0.717, 1.165) is 28.6 Å². The molecule has 1 aliphatic carbocycles. The molecule has 1 aromatic carbocycles. The van der Waals surface area contributed by atoms with Crippen LogP contribution >= 0.6 is 23.1 Å². The first kappa shape index (κ1) is 20.7. The number of amides is 1. The van der Waals surface area contributed by atoms with Crippen LogP contribution in [0.2, 0.25) is 0 Å². The van der Waals surface area contributed by atoms with Gasteiger partial charge in [-0.25, -0.2) is 13.6 Å². The van der Waals surface area contributed by atoms with Crippen LogP contribution in [0.25, 0.3) is 6.08 Å². The SMILES string of the molecule is C[C@H]1CCc2c(sc3c2CSC(C(=O)NCCc2ccc(S(N)(=O)=O)cc2)=C3)C1. The van der Waals surface area contributed by atoms with Gasteiger partial charge in [-0.15, -0.1) is 23.1 Å². The summed E-state index contributed by atoms with van der Waals surface area (Å²) in [6.07, 6.45) is 6.27. The van der Waals surface area contributed by atoms with Crippen LogP contribution in [0, 0.1) is 5.92 Å². The standard InChI is InChI=1S/C21H24N2O3S3/c1-13-2-7-16-17-12-27-20(11-19(17)28-18(16)10-13)21(24)23-9-8-14-3-5-15(6-4-14)29(22,25)26/h3-6,11,13H,2,7-10,12H2,1H3,(H,23,24)(H2,22,25,26)/t13-/m0/s1. The number of hydrogen-bond donors (Lipinski definition) is 2. The van der Waals surface area contributed by atoms with Crippen LogP contribution in [0.3, 0.4) is 0 Å². The maximum atomic E-state index is 12.6. The van der Waals surface area contributed by atoms with E-state index in [0.29, 0.717) is 13.0 Å². The van der Waals surface area contributed by atoms with Crippen molar-refractivity contribution in [3.05, 3.63) is 55.6 Å². The number of rotatable bonds is 5. The fraction of sp³-hybridized carbons (Fsp3) is 0.381. The van der Waals surface area contributed by atoms with Gasteiger partial charge in [0, 0.05) is 22.1 Å². The van der Waals surface area contributed by atoms with E-state index in [2.05, 4.69) is 12.2 Å². The molecule has 1 aliphatic heterocycles. The molecule has 0 fully saturated rings. The first-order valence-electron chi connectivity index (χ1n) is 9.69. The van der Waals surface area contributed by atoms with Crippen LogP contribution in [-0.4, -0.2) is 20.9 Å². The highest BCUT2D eigenvalue weighted by Gasteiger charge is 2.26. The summed E-state index contributed by atoms with van der Waals surface area (Å²) >= 11 is 3.48. The third kappa shape index (κ3) is 4.60. The van der Waals surface area contributed by atoms with E-state index in [1.165, 1.54) is 45.9 Å². The Bertz CT molecular complexity index is 1070. The van der Waals surface area contributed by atoms with Crippen molar-refractivity contribution in [3.8, 4) is 0 Å². The zero-order chi connectivity index (χ0) is 20.6. The number of carbonyl (C=O) groups excluding carboxylic acids is 1. The Hall–Kier alpha value is -1.61. The van der Waals surface area contributed by atoms with Gasteiger partial charge in [0.05, 0.1) is 9.80 Å². The number of fused-ring (bicyclic) bond motifs is 3. The molecule has 0 saturated heterocycles. The highest BCUT2D eigenvalue weighted by Crippen LogP contribution is 2.43. The summed E-state index contributed by atoms with van der Waals surface area (Å²) in [6.45, 7) is 2.81. The second-order valence-electron chi connectivity index (χ2n) is 7.69. The van der Waals surface area contributed by atoms with Crippen molar-refractivity contribution in [2.45, 2.75) is 43.3 Å². The lowest BCUT2D eigenvalue weighted by Gasteiger charge is -2.19. The molecule has 2 aromatic rings. The van der Waals surface area contributed by atoms with Gasteiger partial charge < -0.3 is 5.32 Å². The van der Waals surface area contributed by atoms with Gasteiger partial charge in [0.15, 0.2) is 0 Å². The van der Waals surface area contributed by atoms with Crippen LogP contribution in [0.1, 0.15) is 39.8 Å². The molecular formula is C21H24N2O3S3. The van der Waals surface area contributed by atoms with E-state index in [1.807, 2.05) is 17.4 Å². The Labute approximate surface area is 179 Å². The van der Waals surface area contributed by atoms with Crippen LogP contribution in [0.4, 0.5) is 0 Å². The predicted octanol–water partition coefficient (Wildman–Crippen LogP) is 3.47. The minimum Gasteiger partial charge on any atom is -0.351 e. The molecule has 1 amide bonds. The minimum absolute atomic E-state index is 0.0402. The maximum Gasteiger partial charge on any atom is 0.257 e. The second kappa shape index (κ2) is 8.26. The molecule has 3 N–H and O–H groups in total. The highest BCUT2D eigenvalue weighted by molar-refractivity contribution is 8.03. The summed E-state index contributed by atoms with van der Waals surface area (Å²) in [7, 11) is -3.68. The Morgan fingerprint density at radius 1 is 1.24 bits per heavy atom. The van der Waals surface area contributed by atoms with Gasteiger partial charge in [-0.1, -0.05) is 19.1 Å². The fourth-order valence-electron chi connectivity index (χ4n) is 3.81. The molecule has 2 heterocycles. The van der Waals surface area contributed by atoms with Gasteiger partial charge in [0.2, 0.25) is 10.0 Å². The first-order valence-corrected chi connectivity index (χ1v) is 13.0. The van der Waals surface area contributed by atoms with Crippen molar-refractivity contribution < 1.29 is 13.2 Å². The minimum atomic E-state index is -3.68. The highest BCUT2D eigenvalue weighted by atomic mass is 32.2. The summed E-state index contributed by atoms with van der Waals surface area (Å²) in [5, 5.41) is 8.09. The van der Waals surface area contributed by atoms with Crippen LogP contribution in [0.15, 0.2) is 34.1 Å². The second-order valence-corrected chi connectivity index (χ2v) is 11.4. The summed E-state index contributed by atoms with van der Waals surface area (Å²) in [6, 6.07) is 6.44. The Balaban J connectivity index is 1.36. The van der Waals surface area contributed by atoms with Crippen molar-refractivity contribution in [2.75, 3.05) is 6.54 Å². The third-order valence-electron chi connectivity index (χ3n) is 5.46. The lowest BCUT2D eigenvalue weighted by molar-refractivity contribution is -0.116. The largest absolute Gasteiger partial charge is 0.351 e. The van der Waals surface area contributed by atoms with E-state index >= 15 is 0 Å². The average Bonchev–Trinajstić information content (AvgIpc) is 3.04. The zero-order valence-electron chi connectivity index (χ0n) is 16.2. The molecule has 0 saturated carbocycles. The normalized spacial score (nSPS) is 18.6. The number of carbonyl (C=O) groups is 1. The van der Waals surface area contributed by atoms with Gasteiger partial charge in [-0.2, -0.15) is 0 Å². The summed E-state index contributed by atoms with van der Waals surface area (Å²) in [4.78, 5) is 16.2. The van der Waals surface area contributed by atoms with Gasteiger partial charge in [-0.05, 0) is 66.5 Å². The van der Waals surface area contributed by atoms with E-state index in [1.54, 1.807) is 23.9 Å². The zero-order valence-corrected chi connectivity index (χ0v) is 18.7. The molecule has 1 atom stereocenters. The number of hydrogen-bond acceptors (Lipinski definition) is 5. The molecule has 0 unspecified atom stereocenters. The van der Waals surface area contributed by atoms with Crippen LogP contribution in [0.5, 0.6) is 0 Å². The number of nitrogens with one attached hydrogen (secondary N) is 1. The van der Waals surface area contributed by atoms with Crippen molar-refractivity contribution in [1.82, 2.24) is 5.32 Å². The quantitative estimate of drug-likeness (QED) is 0.733. The van der Waals surface area contributed by atoms with Crippen molar-refractivity contribution in [2.24, 2.45) is 11.1 Å². The number of thiophene rings is 1. The molecule has 29 heavy (non-hydrogen) atoms. The Kier molecular flexibility index (Phi) is 5.88. The van der Waals surface area contributed by atoms with Crippen molar-refractivity contribution >= 4 is 45.1 Å². The van der Waals surface area contributed by atoms with Gasteiger partial charge in [-0.3, -0.25) is 4.79 Å². The number of primary sulfonamides is 1. The molecule has 0 spiro atoms. The number of benzene rings is 1. The molecule has 4 rings (SSSR count). The Morgan fingerprint density at radius 2 is 2.00 bits per heavy atom. The first-order chi connectivity index (χ1) is 13.8. The summed E-state index contributed by atoms with van der Waals surface area (Å²) in [5.74, 6) is 1.59. The molecule has 0 bridgehead atoms. The smallest absolute Gasteiger partial charge is 0.257 e. The molecule has 1 aromatic heterocycles. The van der Waals surface area contributed by atoms with Gasteiger partial charge in [0.25, 0.3) is 5.91 Å². The molecule has 5 nitrogen and oxygen atoms in total. The fourth-order valence-corrected chi connectivity index (χ4v) is 7.00. The lowest BCUT2D eigenvalue weighted by Crippen LogP contribution is -2.26. The van der Waals surface area contributed by atoms with E-state index in [4.69, 9.17) is 5.14 Å². The van der Waals surface area contributed by atoms with Crippen molar-refractivity contribution in [1.29, 1.82) is 0 Å².